The average Bonchev–Trinajstić information content (AvgIpc) is 2.49. The van der Waals surface area contributed by atoms with Gasteiger partial charge in [-0.05, 0) is 48.7 Å². The first-order chi connectivity index (χ1) is 10.1. The molecule has 0 radical (unpaired) electrons. The van der Waals surface area contributed by atoms with Crippen molar-refractivity contribution in [2.24, 2.45) is 0 Å². The smallest absolute Gasteiger partial charge is 0.257 e. The van der Waals surface area contributed by atoms with Crippen molar-refractivity contribution in [3.63, 3.8) is 0 Å². The Labute approximate surface area is 133 Å². The van der Waals surface area contributed by atoms with Crippen LogP contribution in [0.25, 0.3) is 0 Å². The van der Waals surface area contributed by atoms with Crippen LogP contribution >= 0.6 is 15.9 Å². The van der Waals surface area contributed by atoms with Gasteiger partial charge in [0.25, 0.3) is 5.91 Å². The molecule has 0 atom stereocenters. The lowest BCUT2D eigenvalue weighted by atomic mass is 10.1. The van der Waals surface area contributed by atoms with Crippen molar-refractivity contribution in [2.45, 2.75) is 26.2 Å². The van der Waals surface area contributed by atoms with E-state index in [1.165, 1.54) is 18.4 Å². The molecule has 1 amide bonds. The molecule has 0 fully saturated rings. The molecule has 21 heavy (non-hydrogen) atoms. The molecule has 0 unspecified atom stereocenters. The summed E-state index contributed by atoms with van der Waals surface area (Å²) in [6.07, 6.45) is 3.43. The van der Waals surface area contributed by atoms with Gasteiger partial charge in [-0.1, -0.05) is 41.4 Å². The van der Waals surface area contributed by atoms with Gasteiger partial charge in [0.15, 0.2) is 0 Å². The number of carbonyl (C=O) groups is 1. The number of aryl methyl sites for hydroxylation is 1. The number of benzene rings is 2. The molecule has 0 aliphatic carbocycles. The summed E-state index contributed by atoms with van der Waals surface area (Å²) >= 11 is 3.35. The molecule has 0 spiro atoms. The van der Waals surface area contributed by atoms with Crippen molar-refractivity contribution in [3.05, 3.63) is 58.1 Å². The molecule has 0 heterocycles. The maximum Gasteiger partial charge on any atom is 0.257 e. The monoisotopic (exact) mass is 346 g/mol. The average molecular weight is 347 g/mol. The van der Waals surface area contributed by atoms with Crippen molar-refractivity contribution in [2.75, 3.05) is 11.1 Å². The number of amides is 1. The van der Waals surface area contributed by atoms with Crippen molar-refractivity contribution >= 4 is 33.2 Å². The molecule has 3 N–H and O–H groups in total. The van der Waals surface area contributed by atoms with Crippen LogP contribution in [0.5, 0.6) is 0 Å². The third-order valence-corrected chi connectivity index (χ3v) is 3.78. The Morgan fingerprint density at radius 2 is 1.90 bits per heavy atom. The number of nitrogen functional groups attached to an aromatic ring is 1. The van der Waals surface area contributed by atoms with E-state index in [0.29, 0.717) is 11.3 Å². The molecule has 0 saturated heterocycles. The predicted octanol–water partition coefficient (Wildman–Crippen LogP) is 4.63. The van der Waals surface area contributed by atoms with Gasteiger partial charge in [0.05, 0.1) is 5.56 Å². The summed E-state index contributed by atoms with van der Waals surface area (Å²) in [5, 5.41) is 2.87. The van der Waals surface area contributed by atoms with Gasteiger partial charge in [-0.15, -0.1) is 0 Å². The van der Waals surface area contributed by atoms with Crippen LogP contribution in [0.1, 0.15) is 35.7 Å². The highest BCUT2D eigenvalue weighted by Crippen LogP contribution is 2.20. The van der Waals surface area contributed by atoms with E-state index in [-0.39, 0.29) is 5.91 Å². The van der Waals surface area contributed by atoms with E-state index in [1.54, 1.807) is 12.1 Å². The first-order valence-electron chi connectivity index (χ1n) is 7.05. The normalized spacial score (nSPS) is 10.4. The third kappa shape index (κ3) is 4.33. The summed E-state index contributed by atoms with van der Waals surface area (Å²) in [6, 6.07) is 13.2. The van der Waals surface area contributed by atoms with Crippen molar-refractivity contribution in [3.8, 4) is 0 Å². The van der Waals surface area contributed by atoms with Gasteiger partial charge in [0.2, 0.25) is 0 Å². The fraction of sp³-hybridized carbons (Fsp3) is 0.235. The fourth-order valence-corrected chi connectivity index (χ4v) is 2.42. The lowest BCUT2D eigenvalue weighted by Gasteiger charge is -2.09. The molecule has 2 aromatic rings. The van der Waals surface area contributed by atoms with E-state index >= 15 is 0 Å². The molecule has 0 aromatic heterocycles. The predicted molar refractivity (Wildman–Crippen MR) is 91.6 cm³/mol. The Hall–Kier alpha value is -1.81. The second-order valence-electron chi connectivity index (χ2n) is 4.99. The minimum atomic E-state index is -0.199. The first kappa shape index (κ1) is 15.6. The number of unbranched alkanes of at least 4 members (excludes halogenated alkanes) is 1. The highest BCUT2D eigenvalue weighted by Gasteiger charge is 2.10. The summed E-state index contributed by atoms with van der Waals surface area (Å²) in [7, 11) is 0. The zero-order valence-electron chi connectivity index (χ0n) is 12.0. The molecular formula is C17H19BrN2O. The van der Waals surface area contributed by atoms with E-state index < -0.39 is 0 Å². The van der Waals surface area contributed by atoms with Crippen molar-refractivity contribution in [1.82, 2.24) is 0 Å². The Morgan fingerprint density at radius 1 is 1.19 bits per heavy atom. The number of nitrogens with two attached hydrogens (primary N) is 1. The number of rotatable bonds is 5. The second-order valence-corrected chi connectivity index (χ2v) is 5.90. The molecule has 3 nitrogen and oxygen atoms in total. The van der Waals surface area contributed by atoms with Gasteiger partial charge in [-0.25, -0.2) is 0 Å². The lowest BCUT2D eigenvalue weighted by molar-refractivity contribution is 0.102. The molecule has 110 valence electrons. The lowest BCUT2D eigenvalue weighted by Crippen LogP contribution is -2.14. The van der Waals surface area contributed by atoms with Crippen LogP contribution in [-0.4, -0.2) is 5.91 Å². The Morgan fingerprint density at radius 3 is 2.57 bits per heavy atom. The van der Waals surface area contributed by atoms with Gasteiger partial charge in [-0.3, -0.25) is 4.79 Å². The van der Waals surface area contributed by atoms with E-state index in [0.717, 1.165) is 16.6 Å². The van der Waals surface area contributed by atoms with Crippen LogP contribution in [-0.2, 0) is 6.42 Å². The van der Waals surface area contributed by atoms with Gasteiger partial charge in [0.1, 0.15) is 0 Å². The molecule has 0 saturated carbocycles. The number of anilines is 2. The van der Waals surface area contributed by atoms with E-state index in [4.69, 9.17) is 5.73 Å². The summed E-state index contributed by atoms with van der Waals surface area (Å²) in [6.45, 7) is 2.18. The van der Waals surface area contributed by atoms with Crippen LogP contribution < -0.4 is 11.1 Å². The first-order valence-corrected chi connectivity index (χ1v) is 7.84. The van der Waals surface area contributed by atoms with Gasteiger partial charge < -0.3 is 11.1 Å². The number of halogens is 1. The zero-order valence-corrected chi connectivity index (χ0v) is 13.6. The highest BCUT2D eigenvalue weighted by molar-refractivity contribution is 9.10. The number of nitrogens with one attached hydrogen (secondary N) is 1. The van der Waals surface area contributed by atoms with Crippen molar-refractivity contribution < 1.29 is 4.79 Å². The Kier molecular flexibility index (Phi) is 5.39. The second kappa shape index (κ2) is 7.27. The van der Waals surface area contributed by atoms with Crippen molar-refractivity contribution in [1.29, 1.82) is 0 Å². The Bertz CT molecular complexity index is 623. The third-order valence-electron chi connectivity index (χ3n) is 3.29. The number of carbonyl (C=O) groups excluding carboxylic acids is 1. The SMILES string of the molecule is CCCCc1ccc(NC(=O)c2cc(Br)ccc2N)cc1. The molecule has 0 aliphatic heterocycles. The largest absolute Gasteiger partial charge is 0.398 e. The molecule has 2 aromatic carbocycles. The summed E-state index contributed by atoms with van der Waals surface area (Å²) < 4.78 is 0.830. The quantitative estimate of drug-likeness (QED) is 0.775. The Balaban J connectivity index is 2.07. The standard InChI is InChI=1S/C17H19BrN2O/c1-2-3-4-12-5-8-14(9-6-12)20-17(21)15-11-13(18)7-10-16(15)19/h5-11H,2-4,19H2,1H3,(H,20,21). The topological polar surface area (TPSA) is 55.1 Å². The van der Waals surface area contributed by atoms with Crippen LogP contribution in [0.4, 0.5) is 11.4 Å². The maximum atomic E-state index is 12.2. The minimum Gasteiger partial charge on any atom is -0.398 e. The van der Waals surface area contributed by atoms with Gasteiger partial charge in [0, 0.05) is 15.8 Å². The highest BCUT2D eigenvalue weighted by atomic mass is 79.9. The summed E-state index contributed by atoms with van der Waals surface area (Å²) in [5.41, 5.74) is 8.85. The molecule has 0 bridgehead atoms. The van der Waals surface area contributed by atoms with Crippen LogP contribution in [0.3, 0.4) is 0 Å². The van der Waals surface area contributed by atoms with Gasteiger partial charge >= 0.3 is 0 Å². The van der Waals surface area contributed by atoms with Crippen LogP contribution in [0.15, 0.2) is 46.9 Å². The van der Waals surface area contributed by atoms with Gasteiger partial charge in [-0.2, -0.15) is 0 Å². The number of hydrogen-bond acceptors (Lipinski definition) is 2. The van der Waals surface area contributed by atoms with Crippen LogP contribution in [0, 0.1) is 0 Å². The minimum absolute atomic E-state index is 0.199. The molecule has 4 heteroatoms. The zero-order chi connectivity index (χ0) is 15.2. The summed E-state index contributed by atoms with van der Waals surface area (Å²) in [5.74, 6) is -0.199. The molecule has 0 aliphatic rings. The fourth-order valence-electron chi connectivity index (χ4n) is 2.06. The van der Waals surface area contributed by atoms with E-state index in [9.17, 15) is 4.79 Å². The van der Waals surface area contributed by atoms with Crippen LogP contribution in [0.2, 0.25) is 0 Å². The van der Waals surface area contributed by atoms with E-state index in [2.05, 4.69) is 40.3 Å². The molecule has 2 rings (SSSR count). The maximum absolute atomic E-state index is 12.2. The van der Waals surface area contributed by atoms with E-state index in [1.807, 2.05) is 18.2 Å². The number of hydrogen-bond donors (Lipinski definition) is 2. The summed E-state index contributed by atoms with van der Waals surface area (Å²) in [4.78, 5) is 12.2. The molecular weight excluding hydrogens is 328 g/mol.